The fourth-order valence-corrected chi connectivity index (χ4v) is 2.05. The predicted octanol–water partition coefficient (Wildman–Crippen LogP) is 1.74. The van der Waals surface area contributed by atoms with Crippen molar-refractivity contribution in [3.05, 3.63) is 29.1 Å². The van der Waals surface area contributed by atoms with Gasteiger partial charge >= 0.3 is 0 Å². The molecule has 0 unspecified atom stereocenters. The molecule has 17 heavy (non-hydrogen) atoms. The molecule has 0 saturated heterocycles. The lowest BCUT2D eigenvalue weighted by Gasteiger charge is -2.10. The van der Waals surface area contributed by atoms with E-state index in [4.69, 9.17) is 5.73 Å². The minimum absolute atomic E-state index is 0.520. The van der Waals surface area contributed by atoms with Gasteiger partial charge in [-0.25, -0.2) is 0 Å². The van der Waals surface area contributed by atoms with Crippen LogP contribution in [0.1, 0.15) is 35.7 Å². The minimum atomic E-state index is 0.520. The van der Waals surface area contributed by atoms with E-state index < -0.39 is 0 Å². The lowest BCUT2D eigenvalue weighted by atomic mass is 10.1. The molecule has 2 N–H and O–H groups in total. The van der Waals surface area contributed by atoms with Gasteiger partial charge in [0.25, 0.3) is 0 Å². The number of tetrazole rings is 1. The summed E-state index contributed by atoms with van der Waals surface area (Å²) in [6.07, 6.45) is 2.36. The maximum atomic E-state index is 5.96. The second kappa shape index (κ2) is 3.55. The van der Waals surface area contributed by atoms with Crippen LogP contribution in [0.3, 0.4) is 0 Å². The van der Waals surface area contributed by atoms with Crippen LogP contribution in [-0.2, 0) is 0 Å². The number of hydrogen-bond acceptors (Lipinski definition) is 4. The number of anilines is 1. The normalized spacial score (nSPS) is 15.2. The van der Waals surface area contributed by atoms with Crippen LogP contribution in [0.15, 0.2) is 12.1 Å². The second-order valence-electron chi connectivity index (χ2n) is 4.72. The molecule has 2 aromatic rings. The maximum Gasteiger partial charge on any atom is 0.159 e. The minimum Gasteiger partial charge on any atom is -0.398 e. The van der Waals surface area contributed by atoms with Gasteiger partial charge in [-0.2, -0.15) is 4.68 Å². The molecule has 0 aliphatic heterocycles. The summed E-state index contributed by atoms with van der Waals surface area (Å²) in [6, 6.07) is 4.02. The van der Waals surface area contributed by atoms with E-state index in [0.717, 1.165) is 28.3 Å². The van der Waals surface area contributed by atoms with E-state index in [0.29, 0.717) is 5.92 Å². The third kappa shape index (κ3) is 1.67. The molecule has 5 nitrogen and oxygen atoms in total. The molecule has 0 bridgehead atoms. The number of hydrogen-bond donors (Lipinski definition) is 1. The summed E-state index contributed by atoms with van der Waals surface area (Å²) < 4.78 is 1.82. The van der Waals surface area contributed by atoms with E-state index in [9.17, 15) is 0 Å². The average molecular weight is 229 g/mol. The number of aromatic nitrogens is 4. The number of benzene rings is 1. The van der Waals surface area contributed by atoms with Crippen LogP contribution in [0.2, 0.25) is 0 Å². The van der Waals surface area contributed by atoms with Crippen molar-refractivity contribution in [1.29, 1.82) is 0 Å². The highest BCUT2D eigenvalue weighted by Gasteiger charge is 2.30. The Bertz CT molecular complexity index is 568. The van der Waals surface area contributed by atoms with Crippen LogP contribution in [-0.4, -0.2) is 20.2 Å². The van der Waals surface area contributed by atoms with Crippen LogP contribution in [0.25, 0.3) is 5.69 Å². The van der Waals surface area contributed by atoms with E-state index in [-0.39, 0.29) is 0 Å². The first-order valence-corrected chi connectivity index (χ1v) is 5.82. The van der Waals surface area contributed by atoms with Crippen molar-refractivity contribution in [1.82, 2.24) is 20.2 Å². The summed E-state index contributed by atoms with van der Waals surface area (Å²) in [6.45, 7) is 4.06. The second-order valence-corrected chi connectivity index (χ2v) is 4.72. The molecule has 0 radical (unpaired) electrons. The molecule has 5 heteroatoms. The van der Waals surface area contributed by atoms with Crippen molar-refractivity contribution < 1.29 is 0 Å². The summed E-state index contributed by atoms with van der Waals surface area (Å²) in [4.78, 5) is 0. The van der Waals surface area contributed by atoms with Gasteiger partial charge < -0.3 is 5.73 Å². The highest BCUT2D eigenvalue weighted by Crippen LogP contribution is 2.39. The number of nitrogens with zero attached hydrogens (tertiary/aromatic N) is 4. The zero-order valence-corrected chi connectivity index (χ0v) is 10.0. The molecular formula is C12H15N5. The van der Waals surface area contributed by atoms with Gasteiger partial charge in [0.2, 0.25) is 0 Å². The molecule has 1 aliphatic rings. The Labute approximate surface area is 99.6 Å². The number of aryl methyl sites for hydroxylation is 2. The summed E-state index contributed by atoms with van der Waals surface area (Å²) in [5.41, 5.74) is 9.96. The quantitative estimate of drug-likeness (QED) is 0.796. The molecule has 1 aromatic carbocycles. The molecule has 0 spiro atoms. The Hall–Kier alpha value is -1.91. The lowest BCUT2D eigenvalue weighted by molar-refractivity contribution is 0.759. The van der Waals surface area contributed by atoms with Crippen molar-refractivity contribution in [2.45, 2.75) is 32.6 Å². The predicted molar refractivity (Wildman–Crippen MR) is 65.0 cm³/mol. The Balaban J connectivity index is 2.14. The summed E-state index contributed by atoms with van der Waals surface area (Å²) in [5.74, 6) is 1.48. The van der Waals surface area contributed by atoms with Crippen LogP contribution < -0.4 is 5.73 Å². The molecule has 1 aromatic heterocycles. The van der Waals surface area contributed by atoms with E-state index in [1.807, 2.05) is 17.7 Å². The van der Waals surface area contributed by atoms with Gasteiger partial charge in [-0.15, -0.1) is 5.10 Å². The molecule has 1 fully saturated rings. The lowest BCUT2D eigenvalue weighted by Crippen LogP contribution is -2.05. The average Bonchev–Trinajstić information content (AvgIpc) is 3.02. The van der Waals surface area contributed by atoms with Gasteiger partial charge in [0, 0.05) is 11.6 Å². The van der Waals surface area contributed by atoms with Gasteiger partial charge in [0.1, 0.15) is 0 Å². The van der Waals surface area contributed by atoms with Gasteiger partial charge in [-0.3, -0.25) is 0 Å². The van der Waals surface area contributed by atoms with Gasteiger partial charge in [-0.05, 0) is 54.3 Å². The van der Waals surface area contributed by atoms with Crippen molar-refractivity contribution >= 4 is 5.69 Å². The van der Waals surface area contributed by atoms with Crippen molar-refractivity contribution in [2.75, 3.05) is 5.73 Å². The van der Waals surface area contributed by atoms with Gasteiger partial charge in [0.05, 0.1) is 5.69 Å². The third-order valence-corrected chi connectivity index (χ3v) is 3.25. The van der Waals surface area contributed by atoms with Crippen LogP contribution in [0.4, 0.5) is 5.69 Å². The monoisotopic (exact) mass is 229 g/mol. The first-order chi connectivity index (χ1) is 8.16. The van der Waals surface area contributed by atoms with E-state index in [2.05, 4.69) is 28.5 Å². The smallest absolute Gasteiger partial charge is 0.159 e. The number of nitrogens with two attached hydrogens (primary N) is 1. The number of rotatable bonds is 2. The number of nitrogen functional groups attached to an aromatic ring is 1. The first kappa shape index (κ1) is 10.3. The van der Waals surface area contributed by atoms with Crippen LogP contribution in [0.5, 0.6) is 0 Å². The van der Waals surface area contributed by atoms with Gasteiger partial charge in [-0.1, -0.05) is 6.07 Å². The van der Waals surface area contributed by atoms with Crippen LogP contribution >= 0.6 is 0 Å². The highest BCUT2D eigenvalue weighted by molar-refractivity contribution is 5.57. The fraction of sp³-hybridized carbons (Fsp3) is 0.417. The molecule has 1 heterocycles. The molecule has 1 saturated carbocycles. The molecule has 1 aliphatic carbocycles. The van der Waals surface area contributed by atoms with E-state index >= 15 is 0 Å². The fourth-order valence-electron chi connectivity index (χ4n) is 2.05. The van der Waals surface area contributed by atoms with Crippen molar-refractivity contribution in [3.8, 4) is 5.69 Å². The molecule has 3 rings (SSSR count). The highest BCUT2D eigenvalue weighted by atomic mass is 15.5. The zero-order valence-electron chi connectivity index (χ0n) is 10.0. The Morgan fingerprint density at radius 2 is 2.00 bits per heavy atom. The summed E-state index contributed by atoms with van der Waals surface area (Å²) in [7, 11) is 0. The van der Waals surface area contributed by atoms with Crippen molar-refractivity contribution in [2.24, 2.45) is 0 Å². The zero-order chi connectivity index (χ0) is 12.0. The first-order valence-electron chi connectivity index (χ1n) is 5.82. The summed E-state index contributed by atoms with van der Waals surface area (Å²) in [5, 5.41) is 12.0. The van der Waals surface area contributed by atoms with Crippen molar-refractivity contribution in [3.63, 3.8) is 0 Å². The SMILES string of the molecule is Cc1cc(C)c(-n2nnnc2C2CC2)cc1N. The molecule has 0 amide bonds. The Kier molecular flexibility index (Phi) is 2.14. The summed E-state index contributed by atoms with van der Waals surface area (Å²) >= 11 is 0. The molecule has 0 atom stereocenters. The standard InChI is InChI=1S/C12H15N5/c1-7-5-8(2)11(6-10(7)13)17-12(9-3-4-9)14-15-16-17/h5-6,9H,3-4,13H2,1-2H3. The Morgan fingerprint density at radius 3 is 2.71 bits per heavy atom. The largest absolute Gasteiger partial charge is 0.398 e. The van der Waals surface area contributed by atoms with Crippen LogP contribution in [0, 0.1) is 13.8 Å². The van der Waals surface area contributed by atoms with E-state index in [1.54, 1.807) is 0 Å². The third-order valence-electron chi connectivity index (χ3n) is 3.25. The maximum absolute atomic E-state index is 5.96. The van der Waals surface area contributed by atoms with Gasteiger partial charge in [0.15, 0.2) is 5.82 Å². The molecular weight excluding hydrogens is 214 g/mol. The topological polar surface area (TPSA) is 69.6 Å². The Morgan fingerprint density at radius 1 is 1.24 bits per heavy atom. The molecule has 88 valence electrons. The van der Waals surface area contributed by atoms with E-state index in [1.165, 1.54) is 12.8 Å².